The van der Waals surface area contributed by atoms with E-state index in [1.807, 2.05) is 0 Å². The molecule has 0 aromatic rings. The van der Waals surface area contributed by atoms with E-state index in [2.05, 4.69) is 4.84 Å². The number of hydrogen-bond donors (Lipinski definition) is 6. The van der Waals surface area contributed by atoms with Crippen molar-refractivity contribution < 1.29 is 39.3 Å². The molecule has 1 aliphatic rings. The van der Waals surface area contributed by atoms with E-state index in [4.69, 9.17) is 21.6 Å². The quantitative estimate of drug-likeness (QED) is 0.171. The smallest absolute Gasteiger partial charge is 0.458 e. The van der Waals surface area contributed by atoms with Gasteiger partial charge in [0.15, 0.2) is 0 Å². The highest BCUT2D eigenvalue weighted by molar-refractivity contribution is 5.78. The molecule has 0 saturated carbocycles. The molecule has 1 aliphatic heterocycles. The Labute approximate surface area is 108 Å². The number of ether oxygens (including phenoxy) is 1. The molecular weight excluding hydrogens is 264 g/mol. The molecule has 5 atom stereocenters. The molecule has 0 unspecified atom stereocenters. The highest BCUT2D eigenvalue weighted by Crippen LogP contribution is 2.31. The fraction of sp³-hybridized carbons (Fsp3) is 0.889. The lowest BCUT2D eigenvalue weighted by Gasteiger charge is -2.41. The molecule has 10 heteroatoms. The number of aliphatic hydroxyl groups is 4. The summed E-state index contributed by atoms with van der Waals surface area (Å²) >= 11 is 0. The van der Waals surface area contributed by atoms with Crippen LogP contribution < -0.4 is 11.8 Å². The molecule has 0 aromatic carbocycles. The molecule has 1 rings (SSSR count). The molecule has 1 heterocycles. The summed E-state index contributed by atoms with van der Waals surface area (Å²) in [5.74, 6) is 6.52. The standard InChI is InChI=1S/C9H19N2O8/c1-19(11)8(15)9(16)2-4(13)7(18-10)6(17-9)5(14)3-12/h4-7,12-14,16H,2-3,10-11H2,1H3/q+1/t4-,5-,6-,7-,9-/m1/s1. The maximum atomic E-state index is 11.7. The van der Waals surface area contributed by atoms with Crippen LogP contribution in [-0.2, 0) is 18.8 Å². The second-order valence-electron chi connectivity index (χ2n) is 4.33. The van der Waals surface area contributed by atoms with Crippen molar-refractivity contribution in [1.82, 2.24) is 0 Å². The van der Waals surface area contributed by atoms with Crippen LogP contribution in [0.4, 0.5) is 0 Å². The van der Waals surface area contributed by atoms with Gasteiger partial charge in [-0.15, -0.1) is 5.90 Å². The minimum atomic E-state index is -2.47. The van der Waals surface area contributed by atoms with Crippen molar-refractivity contribution in [3.05, 3.63) is 0 Å². The minimum absolute atomic E-state index is 0.559. The SMILES string of the molecule is C[O+](N)C(=O)[C@@]1(O)C[C@@H](O)[C@@H](ON)[C@@H]([C@H](O)CO)O1. The first-order valence-electron chi connectivity index (χ1n) is 5.44. The molecule has 0 aliphatic carbocycles. The molecule has 0 amide bonds. The zero-order valence-electron chi connectivity index (χ0n) is 10.3. The highest BCUT2D eigenvalue weighted by atomic mass is 16.8. The van der Waals surface area contributed by atoms with Gasteiger partial charge in [0.05, 0.1) is 17.5 Å². The van der Waals surface area contributed by atoms with Crippen molar-refractivity contribution in [1.29, 1.82) is 0 Å². The van der Waals surface area contributed by atoms with E-state index >= 15 is 0 Å². The molecule has 19 heavy (non-hydrogen) atoms. The Morgan fingerprint density at radius 3 is 2.68 bits per heavy atom. The largest absolute Gasteiger partial charge is 0.599 e. The molecule has 0 spiro atoms. The lowest BCUT2D eigenvalue weighted by Crippen LogP contribution is -2.64. The molecule has 8 N–H and O–H groups in total. The molecule has 0 aromatic heterocycles. The second-order valence-corrected chi connectivity index (χ2v) is 4.33. The van der Waals surface area contributed by atoms with Gasteiger partial charge in [-0.05, 0) is 0 Å². The van der Waals surface area contributed by atoms with E-state index in [1.54, 1.807) is 0 Å². The average molecular weight is 283 g/mol. The highest BCUT2D eigenvalue weighted by Gasteiger charge is 2.59. The molecule has 1 saturated heterocycles. The van der Waals surface area contributed by atoms with E-state index in [9.17, 15) is 20.1 Å². The number of nitrogens with two attached hydrogens (primary N) is 2. The van der Waals surface area contributed by atoms with Crippen LogP contribution in [0.15, 0.2) is 0 Å². The van der Waals surface area contributed by atoms with E-state index in [-0.39, 0.29) is 0 Å². The van der Waals surface area contributed by atoms with Crippen LogP contribution in [0.5, 0.6) is 0 Å². The zero-order valence-corrected chi connectivity index (χ0v) is 10.3. The van der Waals surface area contributed by atoms with Gasteiger partial charge < -0.3 is 29.6 Å². The topological polar surface area (TPSA) is 171 Å². The van der Waals surface area contributed by atoms with Crippen molar-refractivity contribution in [2.75, 3.05) is 13.7 Å². The predicted molar refractivity (Wildman–Crippen MR) is 58.8 cm³/mol. The van der Waals surface area contributed by atoms with E-state index < -0.39 is 49.2 Å². The van der Waals surface area contributed by atoms with Crippen LogP contribution in [-0.4, -0.2) is 70.3 Å². The van der Waals surface area contributed by atoms with Gasteiger partial charge in [-0.3, -0.25) is 4.84 Å². The molecule has 0 bridgehead atoms. The Morgan fingerprint density at radius 2 is 2.26 bits per heavy atom. The van der Waals surface area contributed by atoms with E-state index in [0.29, 0.717) is 0 Å². The summed E-state index contributed by atoms with van der Waals surface area (Å²) in [5.41, 5.74) is 0. The van der Waals surface area contributed by atoms with Crippen LogP contribution in [0, 0.1) is 0 Å². The minimum Gasteiger partial charge on any atom is -0.458 e. The van der Waals surface area contributed by atoms with Gasteiger partial charge in [-0.25, -0.2) is 5.90 Å². The first kappa shape index (κ1) is 16.2. The van der Waals surface area contributed by atoms with Crippen LogP contribution in [0.3, 0.4) is 0 Å². The monoisotopic (exact) mass is 283 g/mol. The van der Waals surface area contributed by atoms with Crippen LogP contribution in [0.2, 0.25) is 0 Å². The van der Waals surface area contributed by atoms with Gasteiger partial charge in [-0.1, -0.05) is 0 Å². The van der Waals surface area contributed by atoms with Gasteiger partial charge in [0, 0.05) is 6.42 Å². The summed E-state index contributed by atoms with van der Waals surface area (Å²) in [6.07, 6.45) is -6.11. The average Bonchev–Trinajstić information content (AvgIpc) is 2.35. The number of carbonyl (C=O) groups is 1. The van der Waals surface area contributed by atoms with Gasteiger partial charge in [-0.2, -0.15) is 0 Å². The predicted octanol–water partition coefficient (Wildman–Crippen LogP) is -3.98. The van der Waals surface area contributed by atoms with Crippen LogP contribution in [0.1, 0.15) is 6.42 Å². The molecule has 10 nitrogen and oxygen atoms in total. The van der Waals surface area contributed by atoms with Gasteiger partial charge >= 0.3 is 11.8 Å². The maximum absolute atomic E-state index is 11.7. The Hall–Kier alpha value is -0.850. The number of aliphatic hydroxyl groups excluding tert-OH is 3. The Bertz CT molecular complexity index is 327. The summed E-state index contributed by atoms with van der Waals surface area (Å²) in [5, 5.41) is 38.3. The summed E-state index contributed by atoms with van der Waals surface area (Å²) in [4.78, 5) is 16.1. The number of carbonyl (C=O) groups excluding carboxylic acids is 1. The van der Waals surface area contributed by atoms with Crippen molar-refractivity contribution in [2.45, 2.75) is 36.6 Å². The van der Waals surface area contributed by atoms with E-state index in [0.717, 1.165) is 7.11 Å². The lowest BCUT2D eigenvalue weighted by molar-refractivity contribution is -0.326. The molecular formula is C9H19N2O8+. The van der Waals surface area contributed by atoms with Gasteiger partial charge in [0.2, 0.25) is 0 Å². The summed E-state index contributed by atoms with van der Waals surface area (Å²) in [6, 6.07) is 0. The molecule has 0 radical (unpaired) electrons. The van der Waals surface area contributed by atoms with Crippen molar-refractivity contribution in [3.63, 3.8) is 0 Å². The van der Waals surface area contributed by atoms with Crippen molar-refractivity contribution in [2.24, 2.45) is 11.8 Å². The maximum Gasteiger partial charge on any atom is 0.599 e. The molecule has 112 valence electrons. The third kappa shape index (κ3) is 3.19. The first-order valence-corrected chi connectivity index (χ1v) is 5.44. The third-order valence-corrected chi connectivity index (χ3v) is 2.85. The Balaban J connectivity index is 2.99. The Kier molecular flexibility index (Phi) is 5.18. The van der Waals surface area contributed by atoms with Crippen molar-refractivity contribution in [3.8, 4) is 0 Å². The summed E-state index contributed by atoms with van der Waals surface area (Å²) in [7, 11) is 1.10. The third-order valence-electron chi connectivity index (χ3n) is 2.85. The first-order chi connectivity index (χ1) is 8.76. The van der Waals surface area contributed by atoms with Crippen LogP contribution in [0.25, 0.3) is 0 Å². The fourth-order valence-corrected chi connectivity index (χ4v) is 1.91. The summed E-state index contributed by atoms with van der Waals surface area (Å²) in [6.45, 7) is -0.743. The zero-order chi connectivity index (χ0) is 14.8. The lowest BCUT2D eigenvalue weighted by atomic mass is 9.92. The molecule has 1 fully saturated rings. The van der Waals surface area contributed by atoms with Gasteiger partial charge in [0.25, 0.3) is 0 Å². The second kappa shape index (κ2) is 6.07. The number of hydrogen-bond acceptors (Lipinski definition) is 9. The fourth-order valence-electron chi connectivity index (χ4n) is 1.91. The van der Waals surface area contributed by atoms with E-state index in [1.165, 1.54) is 4.47 Å². The Morgan fingerprint density at radius 1 is 1.68 bits per heavy atom. The van der Waals surface area contributed by atoms with Crippen LogP contribution >= 0.6 is 0 Å². The summed E-state index contributed by atoms with van der Waals surface area (Å²) < 4.78 is 6.40. The number of rotatable bonds is 4. The van der Waals surface area contributed by atoms with Gasteiger partial charge in [0.1, 0.15) is 25.4 Å². The normalized spacial score (nSPS) is 36.9. The van der Waals surface area contributed by atoms with Crippen molar-refractivity contribution >= 4 is 5.97 Å².